The summed E-state index contributed by atoms with van der Waals surface area (Å²) >= 11 is 0. The number of hydrogen-bond donors (Lipinski definition) is 1. The van der Waals surface area contributed by atoms with Gasteiger partial charge in [0.1, 0.15) is 6.04 Å². The largest absolute Gasteiger partial charge is 0.464 e. The van der Waals surface area contributed by atoms with E-state index < -0.39 is 12.1 Å². The van der Waals surface area contributed by atoms with Crippen LogP contribution in [0, 0.1) is 5.92 Å². The number of amides is 1. The number of hydrogen-bond acceptors (Lipinski definition) is 4. The zero-order valence-electron chi connectivity index (χ0n) is 13.9. The van der Waals surface area contributed by atoms with Crippen LogP contribution in [0.3, 0.4) is 0 Å². The lowest BCUT2D eigenvalue weighted by Crippen LogP contribution is -2.43. The Kier molecular flexibility index (Phi) is 11.7. The normalized spacial score (nSPS) is 12.0. The van der Waals surface area contributed by atoms with E-state index in [1.807, 2.05) is 13.8 Å². The van der Waals surface area contributed by atoms with Crippen molar-refractivity contribution in [1.82, 2.24) is 5.32 Å². The first-order chi connectivity index (χ1) is 10.0. The summed E-state index contributed by atoms with van der Waals surface area (Å²) in [7, 11) is 0. The second kappa shape index (κ2) is 12.5. The van der Waals surface area contributed by atoms with Crippen LogP contribution in [0.4, 0.5) is 4.79 Å². The number of carbonyl (C=O) groups excluding carboxylic acids is 2. The van der Waals surface area contributed by atoms with Gasteiger partial charge in [-0.05, 0) is 25.7 Å². The highest BCUT2D eigenvalue weighted by molar-refractivity contribution is 5.81. The molecular formula is C16H31NO4. The first-order valence-corrected chi connectivity index (χ1v) is 8.11. The molecule has 0 aliphatic heterocycles. The number of unbranched alkanes of at least 4 members (excludes halogenated alkanes) is 4. The van der Waals surface area contributed by atoms with Crippen molar-refractivity contribution in [1.29, 1.82) is 0 Å². The zero-order valence-corrected chi connectivity index (χ0v) is 13.9. The molecule has 0 aromatic carbocycles. The molecule has 0 radical (unpaired) electrons. The van der Waals surface area contributed by atoms with E-state index >= 15 is 0 Å². The molecule has 0 aromatic heterocycles. The Morgan fingerprint density at radius 2 is 1.67 bits per heavy atom. The van der Waals surface area contributed by atoms with Gasteiger partial charge in [0.2, 0.25) is 0 Å². The molecular weight excluding hydrogens is 270 g/mol. The van der Waals surface area contributed by atoms with Gasteiger partial charge in [0, 0.05) is 0 Å². The van der Waals surface area contributed by atoms with Gasteiger partial charge in [-0.1, -0.05) is 46.5 Å². The molecule has 0 rings (SSSR count). The molecule has 1 amide bonds. The minimum atomic E-state index is -0.625. The van der Waals surface area contributed by atoms with Crippen molar-refractivity contribution in [3.63, 3.8) is 0 Å². The van der Waals surface area contributed by atoms with Crippen LogP contribution in [-0.4, -0.2) is 31.3 Å². The third kappa shape index (κ3) is 11.1. The van der Waals surface area contributed by atoms with Gasteiger partial charge in [0.15, 0.2) is 0 Å². The molecule has 21 heavy (non-hydrogen) atoms. The standard InChI is InChI=1S/C16H31NO4/c1-5-7-8-9-10-11-21-15(18)14(12-13(3)4)17-16(19)20-6-2/h13-14H,5-12H2,1-4H3,(H,17,19)/t14-/m0/s1. The summed E-state index contributed by atoms with van der Waals surface area (Å²) in [5.41, 5.74) is 0. The molecule has 0 aromatic rings. The Balaban J connectivity index is 4.10. The first-order valence-electron chi connectivity index (χ1n) is 8.11. The van der Waals surface area contributed by atoms with E-state index in [9.17, 15) is 9.59 Å². The molecule has 0 spiro atoms. The van der Waals surface area contributed by atoms with Crippen molar-refractivity contribution >= 4 is 12.1 Å². The molecule has 0 saturated heterocycles. The fourth-order valence-electron chi connectivity index (χ4n) is 1.98. The van der Waals surface area contributed by atoms with Crippen molar-refractivity contribution in [3.8, 4) is 0 Å². The smallest absolute Gasteiger partial charge is 0.407 e. The van der Waals surface area contributed by atoms with E-state index in [0.29, 0.717) is 13.0 Å². The second-order valence-electron chi connectivity index (χ2n) is 5.63. The first kappa shape index (κ1) is 19.7. The fraction of sp³-hybridized carbons (Fsp3) is 0.875. The Hall–Kier alpha value is -1.26. The maximum atomic E-state index is 12.0. The maximum Gasteiger partial charge on any atom is 0.407 e. The van der Waals surface area contributed by atoms with Gasteiger partial charge in [0.05, 0.1) is 13.2 Å². The van der Waals surface area contributed by atoms with Crippen molar-refractivity contribution in [2.45, 2.75) is 72.3 Å². The van der Waals surface area contributed by atoms with Gasteiger partial charge >= 0.3 is 12.1 Å². The molecule has 0 saturated carbocycles. The van der Waals surface area contributed by atoms with E-state index in [-0.39, 0.29) is 18.5 Å². The number of carbonyl (C=O) groups is 2. The molecule has 0 bridgehead atoms. The fourth-order valence-corrected chi connectivity index (χ4v) is 1.98. The quantitative estimate of drug-likeness (QED) is 0.467. The van der Waals surface area contributed by atoms with E-state index in [4.69, 9.17) is 9.47 Å². The summed E-state index contributed by atoms with van der Waals surface area (Å²) in [5, 5.41) is 2.57. The molecule has 0 heterocycles. The SMILES string of the molecule is CCCCCCCOC(=O)[C@H](CC(C)C)NC(=O)OCC. The third-order valence-electron chi connectivity index (χ3n) is 3.05. The molecule has 1 N–H and O–H groups in total. The minimum Gasteiger partial charge on any atom is -0.464 e. The van der Waals surface area contributed by atoms with Crippen LogP contribution >= 0.6 is 0 Å². The Morgan fingerprint density at radius 1 is 1.00 bits per heavy atom. The second-order valence-corrected chi connectivity index (χ2v) is 5.63. The molecule has 0 fully saturated rings. The summed E-state index contributed by atoms with van der Waals surface area (Å²) in [6, 6.07) is -0.625. The molecule has 5 nitrogen and oxygen atoms in total. The molecule has 0 aliphatic carbocycles. The van der Waals surface area contributed by atoms with Gasteiger partial charge in [0.25, 0.3) is 0 Å². The average molecular weight is 301 g/mol. The molecule has 124 valence electrons. The van der Waals surface area contributed by atoms with Crippen molar-refractivity contribution < 1.29 is 19.1 Å². The summed E-state index contributed by atoms with van der Waals surface area (Å²) < 4.78 is 10.1. The minimum absolute atomic E-state index is 0.284. The summed E-state index contributed by atoms with van der Waals surface area (Å²) in [6.07, 6.45) is 5.51. The predicted octanol–water partition coefficient (Wildman–Crippen LogP) is 3.66. The maximum absolute atomic E-state index is 12.0. The molecule has 0 aliphatic rings. The number of ether oxygens (including phenoxy) is 2. The summed E-state index contributed by atoms with van der Waals surface area (Å²) in [6.45, 7) is 8.59. The van der Waals surface area contributed by atoms with Crippen molar-refractivity contribution in [2.24, 2.45) is 5.92 Å². The lowest BCUT2D eigenvalue weighted by Gasteiger charge is -2.19. The predicted molar refractivity (Wildman–Crippen MR) is 83.1 cm³/mol. The van der Waals surface area contributed by atoms with E-state index in [1.165, 1.54) is 19.3 Å². The molecule has 5 heteroatoms. The Bertz CT molecular complexity index is 292. The average Bonchev–Trinajstić information content (AvgIpc) is 2.41. The van der Waals surface area contributed by atoms with E-state index in [2.05, 4.69) is 12.2 Å². The number of alkyl carbamates (subject to hydrolysis) is 1. The van der Waals surface area contributed by atoms with Gasteiger partial charge in [-0.3, -0.25) is 0 Å². The highest BCUT2D eigenvalue weighted by atomic mass is 16.6. The zero-order chi connectivity index (χ0) is 16.1. The van der Waals surface area contributed by atoms with Crippen LogP contribution in [0.25, 0.3) is 0 Å². The molecule has 0 unspecified atom stereocenters. The van der Waals surface area contributed by atoms with Crippen LogP contribution in [0.1, 0.15) is 66.2 Å². The van der Waals surface area contributed by atoms with Gasteiger partial charge in [-0.25, -0.2) is 9.59 Å². The topological polar surface area (TPSA) is 64.6 Å². The monoisotopic (exact) mass is 301 g/mol. The van der Waals surface area contributed by atoms with Crippen molar-refractivity contribution in [3.05, 3.63) is 0 Å². The van der Waals surface area contributed by atoms with E-state index in [0.717, 1.165) is 12.8 Å². The Morgan fingerprint density at radius 3 is 2.24 bits per heavy atom. The van der Waals surface area contributed by atoms with Crippen LogP contribution in [0.5, 0.6) is 0 Å². The lowest BCUT2D eigenvalue weighted by molar-refractivity contribution is -0.146. The van der Waals surface area contributed by atoms with Crippen LogP contribution in [-0.2, 0) is 14.3 Å². The van der Waals surface area contributed by atoms with Crippen LogP contribution in [0.15, 0.2) is 0 Å². The van der Waals surface area contributed by atoms with Crippen LogP contribution < -0.4 is 5.32 Å². The van der Waals surface area contributed by atoms with Gasteiger partial charge < -0.3 is 14.8 Å². The number of esters is 1. The molecule has 1 atom stereocenters. The highest BCUT2D eigenvalue weighted by Crippen LogP contribution is 2.08. The van der Waals surface area contributed by atoms with E-state index in [1.54, 1.807) is 6.92 Å². The van der Waals surface area contributed by atoms with Gasteiger partial charge in [-0.15, -0.1) is 0 Å². The summed E-state index contributed by atoms with van der Waals surface area (Å²) in [4.78, 5) is 23.5. The highest BCUT2D eigenvalue weighted by Gasteiger charge is 2.23. The Labute approximate surface area is 128 Å². The number of nitrogens with one attached hydrogen (secondary N) is 1. The lowest BCUT2D eigenvalue weighted by atomic mass is 10.0. The van der Waals surface area contributed by atoms with Gasteiger partial charge in [-0.2, -0.15) is 0 Å². The van der Waals surface area contributed by atoms with Crippen LogP contribution in [0.2, 0.25) is 0 Å². The van der Waals surface area contributed by atoms with Crippen molar-refractivity contribution in [2.75, 3.05) is 13.2 Å². The third-order valence-corrected chi connectivity index (χ3v) is 3.05. The number of rotatable bonds is 11. The summed E-state index contributed by atoms with van der Waals surface area (Å²) in [5.74, 6) is -0.0822.